The summed E-state index contributed by atoms with van der Waals surface area (Å²) in [6.07, 6.45) is 6.30. The summed E-state index contributed by atoms with van der Waals surface area (Å²) >= 11 is 0. The van der Waals surface area contributed by atoms with Crippen LogP contribution in [-0.4, -0.2) is 58.4 Å². The SMILES string of the molecule is CCc1nc(N2CC3(CCNCC3)N(Cc3cccc(OC)c3)C2=O)ccc1-c1cn[nH]c1. The van der Waals surface area contributed by atoms with E-state index in [1.165, 1.54) is 0 Å². The van der Waals surface area contributed by atoms with Crippen molar-refractivity contribution in [3.05, 3.63) is 60.0 Å². The molecule has 4 heterocycles. The van der Waals surface area contributed by atoms with E-state index in [2.05, 4.69) is 39.5 Å². The zero-order chi connectivity index (χ0) is 22.8. The minimum Gasteiger partial charge on any atom is -0.497 e. The van der Waals surface area contributed by atoms with Gasteiger partial charge in [-0.3, -0.25) is 10.00 Å². The minimum atomic E-state index is -0.206. The minimum absolute atomic E-state index is 0.0188. The lowest BCUT2D eigenvalue weighted by Gasteiger charge is -2.40. The van der Waals surface area contributed by atoms with E-state index < -0.39 is 0 Å². The van der Waals surface area contributed by atoms with Gasteiger partial charge in [0.2, 0.25) is 0 Å². The number of amides is 2. The monoisotopic (exact) mass is 446 g/mol. The molecule has 2 aliphatic heterocycles. The molecule has 0 bridgehead atoms. The van der Waals surface area contributed by atoms with Gasteiger partial charge in [-0.25, -0.2) is 9.78 Å². The van der Waals surface area contributed by atoms with Crippen molar-refractivity contribution in [3.8, 4) is 16.9 Å². The molecule has 0 aliphatic carbocycles. The molecule has 2 aliphatic rings. The molecule has 2 aromatic heterocycles. The Balaban J connectivity index is 1.48. The average molecular weight is 447 g/mol. The van der Waals surface area contributed by atoms with Crippen molar-refractivity contribution in [2.24, 2.45) is 0 Å². The lowest BCUT2D eigenvalue weighted by molar-refractivity contribution is 0.119. The molecule has 1 aromatic carbocycles. The van der Waals surface area contributed by atoms with Crippen LogP contribution in [0.3, 0.4) is 0 Å². The molecule has 1 spiro atoms. The number of H-pyrrole nitrogens is 1. The molecule has 0 atom stereocenters. The number of methoxy groups -OCH3 is 1. The van der Waals surface area contributed by atoms with Gasteiger partial charge < -0.3 is 15.0 Å². The third kappa shape index (κ3) is 3.95. The number of piperidine rings is 1. The number of aromatic nitrogens is 3. The number of ether oxygens (including phenoxy) is 1. The smallest absolute Gasteiger partial charge is 0.326 e. The second-order valence-electron chi connectivity index (χ2n) is 8.78. The molecule has 0 radical (unpaired) electrons. The number of urea groups is 1. The van der Waals surface area contributed by atoms with Crippen molar-refractivity contribution in [1.82, 2.24) is 25.4 Å². The standard InChI is InChI=1S/C25H30N6O2/c1-3-22-21(19-14-27-28-15-19)7-8-23(29-22)30-17-25(9-11-26-12-10-25)31(24(30)32)16-18-5-4-6-20(13-18)33-2/h4-8,13-15,26H,3,9-12,16-17H2,1-2H3,(H,27,28). The summed E-state index contributed by atoms with van der Waals surface area (Å²) in [6, 6.07) is 12.0. The van der Waals surface area contributed by atoms with Crippen molar-refractivity contribution < 1.29 is 9.53 Å². The predicted molar refractivity (Wildman–Crippen MR) is 127 cm³/mol. The van der Waals surface area contributed by atoms with E-state index in [1.54, 1.807) is 13.3 Å². The first-order valence-electron chi connectivity index (χ1n) is 11.6. The maximum Gasteiger partial charge on any atom is 0.326 e. The van der Waals surface area contributed by atoms with Gasteiger partial charge >= 0.3 is 6.03 Å². The fourth-order valence-corrected chi connectivity index (χ4v) is 5.05. The molecule has 0 saturated carbocycles. The molecule has 3 aromatic rings. The predicted octanol–water partition coefficient (Wildman–Crippen LogP) is 3.61. The molecular weight excluding hydrogens is 416 g/mol. The average Bonchev–Trinajstić information content (AvgIpc) is 3.48. The number of carbonyl (C=O) groups excluding carboxylic acids is 1. The summed E-state index contributed by atoms with van der Waals surface area (Å²) < 4.78 is 5.40. The Hall–Kier alpha value is -3.39. The molecule has 2 saturated heterocycles. The highest BCUT2D eigenvalue weighted by Crippen LogP contribution is 2.38. The van der Waals surface area contributed by atoms with Gasteiger partial charge in [0.05, 0.1) is 31.1 Å². The van der Waals surface area contributed by atoms with Gasteiger partial charge in [-0.1, -0.05) is 19.1 Å². The number of hydrogen-bond donors (Lipinski definition) is 2. The van der Waals surface area contributed by atoms with Crippen molar-refractivity contribution in [1.29, 1.82) is 0 Å². The molecule has 33 heavy (non-hydrogen) atoms. The van der Waals surface area contributed by atoms with Crippen LogP contribution in [-0.2, 0) is 13.0 Å². The van der Waals surface area contributed by atoms with Gasteiger partial charge in [0.1, 0.15) is 11.6 Å². The molecule has 172 valence electrons. The second-order valence-corrected chi connectivity index (χ2v) is 8.78. The van der Waals surface area contributed by atoms with Crippen LogP contribution in [0.25, 0.3) is 11.1 Å². The first kappa shape index (κ1) is 21.5. The van der Waals surface area contributed by atoms with Crippen LogP contribution in [0.2, 0.25) is 0 Å². The van der Waals surface area contributed by atoms with E-state index in [1.807, 2.05) is 35.4 Å². The molecule has 8 heteroatoms. The zero-order valence-corrected chi connectivity index (χ0v) is 19.2. The number of aromatic amines is 1. The molecular formula is C25H30N6O2. The highest BCUT2D eigenvalue weighted by atomic mass is 16.5. The van der Waals surface area contributed by atoms with Crippen LogP contribution in [0.5, 0.6) is 5.75 Å². The highest BCUT2D eigenvalue weighted by Gasteiger charge is 2.50. The summed E-state index contributed by atoms with van der Waals surface area (Å²) in [4.78, 5) is 22.6. The quantitative estimate of drug-likeness (QED) is 0.604. The summed E-state index contributed by atoms with van der Waals surface area (Å²) in [6.45, 7) is 5.11. The second kappa shape index (κ2) is 8.86. The van der Waals surface area contributed by atoms with E-state index in [-0.39, 0.29) is 11.6 Å². The topological polar surface area (TPSA) is 86.4 Å². The van der Waals surface area contributed by atoms with Gasteiger partial charge in [0, 0.05) is 23.9 Å². The van der Waals surface area contributed by atoms with Crippen LogP contribution >= 0.6 is 0 Å². The first-order chi connectivity index (χ1) is 16.1. The van der Waals surface area contributed by atoms with E-state index >= 15 is 0 Å². The number of anilines is 1. The number of nitrogens with one attached hydrogen (secondary N) is 2. The normalized spacial score (nSPS) is 17.7. The number of benzene rings is 1. The number of nitrogens with zero attached hydrogens (tertiary/aromatic N) is 4. The van der Waals surface area contributed by atoms with Crippen molar-refractivity contribution >= 4 is 11.8 Å². The summed E-state index contributed by atoms with van der Waals surface area (Å²) in [5, 5.41) is 10.4. The van der Waals surface area contributed by atoms with Crippen LogP contribution < -0.4 is 15.0 Å². The molecule has 2 amide bonds. The van der Waals surface area contributed by atoms with Gasteiger partial charge in [-0.2, -0.15) is 5.10 Å². The number of hydrogen-bond acceptors (Lipinski definition) is 5. The van der Waals surface area contributed by atoms with Crippen LogP contribution in [0.1, 0.15) is 31.0 Å². The Kier molecular flexibility index (Phi) is 5.76. The number of aryl methyl sites for hydroxylation is 1. The Bertz CT molecular complexity index is 1120. The molecule has 2 fully saturated rings. The molecule has 8 nitrogen and oxygen atoms in total. The maximum absolute atomic E-state index is 13.8. The van der Waals surface area contributed by atoms with E-state index in [0.29, 0.717) is 13.1 Å². The zero-order valence-electron chi connectivity index (χ0n) is 19.2. The molecule has 5 rings (SSSR count). The first-order valence-corrected chi connectivity index (χ1v) is 11.6. The van der Waals surface area contributed by atoms with Crippen molar-refractivity contribution in [3.63, 3.8) is 0 Å². The fraction of sp³-hybridized carbons (Fsp3) is 0.400. The summed E-state index contributed by atoms with van der Waals surface area (Å²) in [5.41, 5.74) is 3.88. The summed E-state index contributed by atoms with van der Waals surface area (Å²) in [5.74, 6) is 1.52. The van der Waals surface area contributed by atoms with Gasteiger partial charge in [0.25, 0.3) is 0 Å². The third-order valence-electron chi connectivity index (χ3n) is 6.88. The molecule has 2 N–H and O–H groups in total. The number of carbonyl (C=O) groups is 1. The third-order valence-corrected chi connectivity index (χ3v) is 6.88. The highest BCUT2D eigenvalue weighted by molar-refractivity contribution is 5.94. The lowest BCUT2D eigenvalue weighted by atomic mass is 9.87. The van der Waals surface area contributed by atoms with Gasteiger partial charge in [-0.15, -0.1) is 0 Å². The maximum atomic E-state index is 13.8. The lowest BCUT2D eigenvalue weighted by Crippen LogP contribution is -2.53. The van der Waals surface area contributed by atoms with Gasteiger partial charge in [-0.05, 0) is 62.2 Å². The van der Waals surface area contributed by atoms with Crippen LogP contribution in [0.4, 0.5) is 10.6 Å². The van der Waals surface area contributed by atoms with Crippen molar-refractivity contribution in [2.75, 3.05) is 31.6 Å². The van der Waals surface area contributed by atoms with Crippen LogP contribution in [0, 0.1) is 0 Å². The van der Waals surface area contributed by atoms with Gasteiger partial charge in [0.15, 0.2) is 0 Å². The Morgan fingerprint density at radius 1 is 1.18 bits per heavy atom. The largest absolute Gasteiger partial charge is 0.497 e. The van der Waals surface area contributed by atoms with Crippen LogP contribution in [0.15, 0.2) is 48.8 Å². The fourth-order valence-electron chi connectivity index (χ4n) is 5.05. The van der Waals surface area contributed by atoms with Crippen molar-refractivity contribution in [2.45, 2.75) is 38.3 Å². The Morgan fingerprint density at radius 3 is 2.76 bits per heavy atom. The number of pyridine rings is 1. The number of rotatable bonds is 6. The van der Waals surface area contributed by atoms with E-state index in [0.717, 1.165) is 66.3 Å². The summed E-state index contributed by atoms with van der Waals surface area (Å²) in [7, 11) is 1.67. The van der Waals surface area contributed by atoms with E-state index in [4.69, 9.17) is 9.72 Å². The Labute approximate surface area is 194 Å². The molecule has 0 unspecified atom stereocenters. The Morgan fingerprint density at radius 2 is 2.03 bits per heavy atom. The van der Waals surface area contributed by atoms with E-state index in [9.17, 15) is 4.79 Å².